The second-order valence-electron chi connectivity index (χ2n) is 3.28. The van der Waals surface area contributed by atoms with Crippen LogP contribution in [0.15, 0.2) is 24.1 Å². The molecule has 2 N–H and O–H groups in total. The first-order valence-corrected chi connectivity index (χ1v) is 4.85. The molecule has 1 aliphatic heterocycles. The lowest BCUT2D eigenvalue weighted by molar-refractivity contribution is 0.168. The minimum Gasteiger partial charge on any atom is -0.416 e. The Morgan fingerprint density at radius 3 is 3.07 bits per heavy atom. The fourth-order valence-corrected chi connectivity index (χ4v) is 1.59. The van der Waals surface area contributed by atoms with Crippen LogP contribution in [0.5, 0.6) is 0 Å². The van der Waals surface area contributed by atoms with Gasteiger partial charge < -0.3 is 4.84 Å². The molecule has 15 heavy (non-hydrogen) atoms. The second kappa shape index (κ2) is 4.00. The van der Waals surface area contributed by atoms with Gasteiger partial charge in [-0.3, -0.25) is 5.41 Å². The second-order valence-corrected chi connectivity index (χ2v) is 3.67. The van der Waals surface area contributed by atoms with E-state index in [4.69, 9.17) is 21.8 Å². The largest absolute Gasteiger partial charge is 0.416 e. The Hall–Kier alpha value is -1.39. The lowest BCUT2D eigenvalue weighted by Gasteiger charge is -2.06. The molecule has 0 fully saturated rings. The van der Waals surface area contributed by atoms with E-state index in [0.717, 1.165) is 16.7 Å². The quantitative estimate of drug-likeness (QED) is 0.594. The summed E-state index contributed by atoms with van der Waals surface area (Å²) in [6.07, 6.45) is 3.15. The van der Waals surface area contributed by atoms with E-state index in [0.29, 0.717) is 17.4 Å². The Labute approximate surface area is 92.4 Å². The van der Waals surface area contributed by atoms with Crippen LogP contribution in [0.3, 0.4) is 0 Å². The molecule has 0 spiro atoms. The molecule has 0 aromatic carbocycles. The van der Waals surface area contributed by atoms with Gasteiger partial charge >= 0.3 is 0 Å². The molecule has 78 valence electrons. The SMILES string of the molecule is Cc1cc(Cl)ncc1C(=N)C1=CONC1. The number of aromatic nitrogens is 1. The molecule has 1 aliphatic rings. The van der Waals surface area contributed by atoms with Gasteiger partial charge in [-0.25, -0.2) is 4.98 Å². The smallest absolute Gasteiger partial charge is 0.129 e. The number of nitrogens with one attached hydrogen (secondary N) is 2. The van der Waals surface area contributed by atoms with Gasteiger partial charge in [0.1, 0.15) is 11.4 Å². The van der Waals surface area contributed by atoms with Crippen molar-refractivity contribution in [3.8, 4) is 0 Å². The zero-order valence-electron chi connectivity index (χ0n) is 8.17. The lowest BCUT2D eigenvalue weighted by Crippen LogP contribution is -2.13. The normalized spacial score (nSPS) is 14.7. The van der Waals surface area contributed by atoms with Gasteiger partial charge in [-0.1, -0.05) is 11.6 Å². The van der Waals surface area contributed by atoms with Gasteiger partial charge in [-0.05, 0) is 18.6 Å². The van der Waals surface area contributed by atoms with Crippen molar-refractivity contribution in [2.45, 2.75) is 6.92 Å². The van der Waals surface area contributed by atoms with Crippen LogP contribution in [-0.2, 0) is 4.84 Å². The van der Waals surface area contributed by atoms with E-state index >= 15 is 0 Å². The topological polar surface area (TPSA) is 58.0 Å². The van der Waals surface area contributed by atoms with Gasteiger partial charge in [-0.2, -0.15) is 5.48 Å². The van der Waals surface area contributed by atoms with Crippen molar-refractivity contribution in [2.75, 3.05) is 6.54 Å². The molecule has 0 amide bonds. The highest BCUT2D eigenvalue weighted by molar-refractivity contribution is 6.29. The number of nitrogens with zero attached hydrogens (tertiary/aromatic N) is 1. The van der Waals surface area contributed by atoms with Crippen LogP contribution in [-0.4, -0.2) is 17.2 Å². The molecule has 0 unspecified atom stereocenters. The Morgan fingerprint density at radius 1 is 1.67 bits per heavy atom. The molecule has 0 aliphatic carbocycles. The first-order valence-electron chi connectivity index (χ1n) is 4.47. The van der Waals surface area contributed by atoms with Crippen molar-refractivity contribution in [1.29, 1.82) is 5.41 Å². The van der Waals surface area contributed by atoms with E-state index in [1.54, 1.807) is 12.3 Å². The molecule has 0 atom stereocenters. The standard InChI is InChI=1S/C10H10ClN3O/c1-6-2-9(11)13-4-8(6)10(12)7-3-14-15-5-7/h2,4-5,12,14H,3H2,1H3. The number of hydrogen-bond acceptors (Lipinski definition) is 4. The van der Waals surface area contributed by atoms with Gasteiger partial charge in [0.2, 0.25) is 0 Å². The van der Waals surface area contributed by atoms with Crippen molar-refractivity contribution in [3.05, 3.63) is 40.4 Å². The van der Waals surface area contributed by atoms with E-state index in [1.165, 1.54) is 6.26 Å². The van der Waals surface area contributed by atoms with E-state index in [-0.39, 0.29) is 0 Å². The summed E-state index contributed by atoms with van der Waals surface area (Å²) in [6, 6.07) is 1.75. The third-order valence-corrected chi connectivity index (χ3v) is 2.42. The van der Waals surface area contributed by atoms with Crippen LogP contribution in [0.2, 0.25) is 5.15 Å². The molecule has 0 saturated carbocycles. The maximum absolute atomic E-state index is 7.97. The highest BCUT2D eigenvalue weighted by atomic mass is 35.5. The molecule has 1 aromatic heterocycles. The number of hydroxylamine groups is 1. The minimum absolute atomic E-state index is 0.418. The predicted octanol–water partition coefficient (Wildman–Crippen LogP) is 1.83. The van der Waals surface area contributed by atoms with Gasteiger partial charge in [0.25, 0.3) is 0 Å². The average molecular weight is 224 g/mol. The van der Waals surface area contributed by atoms with E-state index in [9.17, 15) is 0 Å². The van der Waals surface area contributed by atoms with Gasteiger partial charge in [-0.15, -0.1) is 0 Å². The summed E-state index contributed by atoms with van der Waals surface area (Å²) >= 11 is 5.75. The zero-order chi connectivity index (χ0) is 10.8. The summed E-state index contributed by atoms with van der Waals surface area (Å²) in [7, 11) is 0. The van der Waals surface area contributed by atoms with Gasteiger partial charge in [0, 0.05) is 17.3 Å². The van der Waals surface area contributed by atoms with Crippen LogP contribution >= 0.6 is 11.6 Å². The first-order chi connectivity index (χ1) is 7.18. The van der Waals surface area contributed by atoms with Crippen molar-refractivity contribution in [3.63, 3.8) is 0 Å². The van der Waals surface area contributed by atoms with Crippen molar-refractivity contribution in [1.82, 2.24) is 10.5 Å². The minimum atomic E-state index is 0.418. The summed E-state index contributed by atoms with van der Waals surface area (Å²) in [5.74, 6) is 0. The maximum Gasteiger partial charge on any atom is 0.129 e. The Morgan fingerprint density at radius 2 is 2.47 bits per heavy atom. The molecule has 1 aromatic rings. The molecule has 4 nitrogen and oxygen atoms in total. The fraction of sp³-hybridized carbons (Fsp3) is 0.200. The van der Waals surface area contributed by atoms with Gasteiger partial charge in [0.15, 0.2) is 0 Å². The van der Waals surface area contributed by atoms with Crippen LogP contribution in [0.1, 0.15) is 11.1 Å². The Balaban J connectivity index is 2.33. The molecule has 5 heteroatoms. The molecule has 0 saturated heterocycles. The lowest BCUT2D eigenvalue weighted by atomic mass is 10.0. The van der Waals surface area contributed by atoms with Crippen LogP contribution in [0, 0.1) is 12.3 Å². The Kier molecular flexibility index (Phi) is 2.70. The van der Waals surface area contributed by atoms with Crippen molar-refractivity contribution >= 4 is 17.3 Å². The zero-order valence-corrected chi connectivity index (χ0v) is 8.93. The number of halogens is 1. The summed E-state index contributed by atoms with van der Waals surface area (Å²) in [6.45, 7) is 2.45. The number of rotatable bonds is 2. The van der Waals surface area contributed by atoms with Crippen LogP contribution < -0.4 is 5.48 Å². The average Bonchev–Trinajstić information content (AvgIpc) is 2.69. The summed E-state index contributed by atoms with van der Waals surface area (Å²) in [5.41, 5.74) is 5.61. The van der Waals surface area contributed by atoms with Crippen molar-refractivity contribution < 1.29 is 4.84 Å². The van der Waals surface area contributed by atoms with E-state index < -0.39 is 0 Å². The number of pyridine rings is 1. The molecule has 0 bridgehead atoms. The highest BCUT2D eigenvalue weighted by Crippen LogP contribution is 2.16. The highest BCUT2D eigenvalue weighted by Gasteiger charge is 2.15. The van der Waals surface area contributed by atoms with Crippen LogP contribution in [0.25, 0.3) is 0 Å². The van der Waals surface area contributed by atoms with Gasteiger partial charge in [0.05, 0.1) is 12.3 Å². The molecular formula is C10H10ClN3O. The Bertz CT molecular complexity index is 442. The predicted molar refractivity (Wildman–Crippen MR) is 58.0 cm³/mol. The first kappa shape index (κ1) is 10.1. The third-order valence-electron chi connectivity index (χ3n) is 2.22. The van der Waals surface area contributed by atoms with E-state index in [1.807, 2.05) is 6.92 Å². The van der Waals surface area contributed by atoms with E-state index in [2.05, 4.69) is 10.5 Å². The number of hydrogen-bond donors (Lipinski definition) is 2. The summed E-state index contributed by atoms with van der Waals surface area (Å²) < 4.78 is 0. The van der Waals surface area contributed by atoms with Crippen LogP contribution in [0.4, 0.5) is 0 Å². The van der Waals surface area contributed by atoms with Crippen molar-refractivity contribution in [2.24, 2.45) is 0 Å². The summed E-state index contributed by atoms with van der Waals surface area (Å²) in [4.78, 5) is 8.83. The monoisotopic (exact) mass is 223 g/mol. The molecular weight excluding hydrogens is 214 g/mol. The molecule has 2 heterocycles. The fourth-order valence-electron chi connectivity index (χ4n) is 1.38. The molecule has 2 rings (SSSR count). The maximum atomic E-state index is 7.97. The number of aryl methyl sites for hydroxylation is 1. The third kappa shape index (κ3) is 2.00. The molecule has 0 radical (unpaired) electrons. The summed E-state index contributed by atoms with van der Waals surface area (Å²) in [5, 5.41) is 8.41.